The zero-order valence-electron chi connectivity index (χ0n) is 11.6. The highest BCUT2D eigenvalue weighted by Gasteiger charge is 2.14. The molecular formula is C15H12FNO5. The van der Waals surface area contributed by atoms with Gasteiger partial charge in [0.25, 0.3) is 0 Å². The number of carbonyl (C=O) groups excluding carboxylic acids is 1. The van der Waals surface area contributed by atoms with E-state index in [9.17, 15) is 19.3 Å². The van der Waals surface area contributed by atoms with Crippen LogP contribution in [0.5, 0.6) is 5.75 Å². The number of nitro benzene ring substituents is 1. The molecule has 0 aromatic heterocycles. The van der Waals surface area contributed by atoms with E-state index in [0.29, 0.717) is 11.1 Å². The molecule has 22 heavy (non-hydrogen) atoms. The minimum Gasteiger partial charge on any atom is -0.489 e. The van der Waals surface area contributed by atoms with Crippen molar-refractivity contribution in [3.63, 3.8) is 0 Å². The Bertz CT molecular complexity index is 717. The number of benzene rings is 2. The SMILES string of the molecule is COC(=O)c1cccc(COc2ccc([N+](=O)[O-])c(F)c2)c1. The van der Waals surface area contributed by atoms with Crippen LogP contribution in [-0.2, 0) is 11.3 Å². The van der Waals surface area contributed by atoms with E-state index in [0.717, 1.165) is 12.1 Å². The minimum atomic E-state index is -0.967. The number of halogens is 1. The fraction of sp³-hybridized carbons (Fsp3) is 0.133. The molecular weight excluding hydrogens is 293 g/mol. The number of hydrogen-bond acceptors (Lipinski definition) is 5. The Morgan fingerprint density at radius 2 is 2.05 bits per heavy atom. The Morgan fingerprint density at radius 3 is 2.68 bits per heavy atom. The fourth-order valence-electron chi connectivity index (χ4n) is 1.80. The van der Waals surface area contributed by atoms with Crippen LogP contribution in [0.1, 0.15) is 15.9 Å². The standard InChI is InChI=1S/C15H12FNO5/c1-21-15(18)11-4-2-3-10(7-11)9-22-12-5-6-14(17(19)20)13(16)8-12/h2-8H,9H2,1H3. The summed E-state index contributed by atoms with van der Waals surface area (Å²) in [5, 5.41) is 10.5. The highest BCUT2D eigenvalue weighted by molar-refractivity contribution is 5.89. The lowest BCUT2D eigenvalue weighted by Gasteiger charge is -2.07. The highest BCUT2D eigenvalue weighted by atomic mass is 19.1. The van der Waals surface area contributed by atoms with Crippen LogP contribution >= 0.6 is 0 Å². The number of esters is 1. The van der Waals surface area contributed by atoms with Crippen molar-refractivity contribution < 1.29 is 23.6 Å². The molecule has 114 valence electrons. The van der Waals surface area contributed by atoms with Crippen LogP contribution in [0, 0.1) is 15.9 Å². The molecule has 0 atom stereocenters. The summed E-state index contributed by atoms with van der Waals surface area (Å²) in [7, 11) is 1.28. The van der Waals surface area contributed by atoms with E-state index in [4.69, 9.17) is 4.74 Å². The molecule has 0 heterocycles. The monoisotopic (exact) mass is 305 g/mol. The predicted molar refractivity (Wildman–Crippen MR) is 75.2 cm³/mol. The number of methoxy groups -OCH3 is 1. The van der Waals surface area contributed by atoms with Crippen molar-refractivity contribution in [1.82, 2.24) is 0 Å². The quantitative estimate of drug-likeness (QED) is 0.482. The van der Waals surface area contributed by atoms with Gasteiger partial charge in [0.15, 0.2) is 0 Å². The predicted octanol–water partition coefficient (Wildman–Crippen LogP) is 3.10. The highest BCUT2D eigenvalue weighted by Crippen LogP contribution is 2.23. The van der Waals surface area contributed by atoms with Gasteiger partial charge in [0.1, 0.15) is 12.4 Å². The number of carbonyl (C=O) groups is 1. The maximum Gasteiger partial charge on any atom is 0.337 e. The molecule has 0 saturated carbocycles. The second-order valence-corrected chi connectivity index (χ2v) is 4.35. The smallest absolute Gasteiger partial charge is 0.337 e. The first-order valence-electron chi connectivity index (χ1n) is 6.25. The first kappa shape index (κ1) is 15.4. The molecule has 0 aliphatic heterocycles. The number of nitro groups is 1. The third-order valence-electron chi connectivity index (χ3n) is 2.87. The van der Waals surface area contributed by atoms with Crippen LogP contribution < -0.4 is 4.74 Å². The van der Waals surface area contributed by atoms with E-state index in [1.165, 1.54) is 13.2 Å². The largest absolute Gasteiger partial charge is 0.489 e. The van der Waals surface area contributed by atoms with Gasteiger partial charge in [-0.3, -0.25) is 10.1 Å². The van der Waals surface area contributed by atoms with E-state index >= 15 is 0 Å². The summed E-state index contributed by atoms with van der Waals surface area (Å²) >= 11 is 0. The van der Waals surface area contributed by atoms with Gasteiger partial charge in [-0.15, -0.1) is 0 Å². The lowest BCUT2D eigenvalue weighted by Crippen LogP contribution is -2.03. The normalized spacial score (nSPS) is 10.1. The Morgan fingerprint density at radius 1 is 1.27 bits per heavy atom. The third-order valence-corrected chi connectivity index (χ3v) is 2.87. The zero-order chi connectivity index (χ0) is 16.1. The van der Waals surface area contributed by atoms with Gasteiger partial charge in [0, 0.05) is 12.1 Å². The molecule has 2 aromatic carbocycles. The van der Waals surface area contributed by atoms with E-state index in [-0.39, 0.29) is 12.4 Å². The van der Waals surface area contributed by atoms with E-state index in [1.807, 2.05) is 0 Å². The molecule has 2 rings (SSSR count). The van der Waals surface area contributed by atoms with Crippen LogP contribution in [0.25, 0.3) is 0 Å². The summed E-state index contributed by atoms with van der Waals surface area (Å²) in [5.74, 6) is -1.28. The lowest BCUT2D eigenvalue weighted by molar-refractivity contribution is -0.387. The van der Waals surface area contributed by atoms with Crippen LogP contribution in [0.4, 0.5) is 10.1 Å². The average molecular weight is 305 g/mol. The van der Waals surface area contributed by atoms with Crippen molar-refractivity contribution in [2.75, 3.05) is 7.11 Å². The van der Waals surface area contributed by atoms with Gasteiger partial charge < -0.3 is 9.47 Å². The molecule has 2 aromatic rings. The van der Waals surface area contributed by atoms with Gasteiger partial charge >= 0.3 is 11.7 Å². The topological polar surface area (TPSA) is 78.7 Å². The molecule has 0 amide bonds. The van der Waals surface area contributed by atoms with Gasteiger partial charge in [-0.05, 0) is 23.8 Å². The molecule has 0 aliphatic rings. The molecule has 0 radical (unpaired) electrons. The molecule has 0 unspecified atom stereocenters. The first-order chi connectivity index (χ1) is 10.5. The molecule has 0 saturated heterocycles. The second-order valence-electron chi connectivity index (χ2n) is 4.35. The third kappa shape index (κ3) is 3.57. The average Bonchev–Trinajstić information content (AvgIpc) is 2.52. The zero-order valence-corrected chi connectivity index (χ0v) is 11.6. The Hall–Kier alpha value is -2.96. The van der Waals surface area contributed by atoms with Crippen LogP contribution in [0.2, 0.25) is 0 Å². The number of nitrogens with zero attached hydrogens (tertiary/aromatic N) is 1. The van der Waals surface area contributed by atoms with Crippen molar-refractivity contribution >= 4 is 11.7 Å². The van der Waals surface area contributed by atoms with E-state index < -0.39 is 22.4 Å². The summed E-state index contributed by atoms with van der Waals surface area (Å²) in [6.07, 6.45) is 0. The molecule has 6 nitrogen and oxygen atoms in total. The Kier molecular flexibility index (Phi) is 4.67. The second kappa shape index (κ2) is 6.66. The van der Waals surface area contributed by atoms with Gasteiger partial charge in [-0.2, -0.15) is 4.39 Å². The molecule has 7 heteroatoms. The molecule has 0 spiro atoms. The maximum absolute atomic E-state index is 13.5. The number of hydrogen-bond donors (Lipinski definition) is 0. The lowest BCUT2D eigenvalue weighted by atomic mass is 10.1. The summed E-state index contributed by atoms with van der Waals surface area (Å²) in [5.41, 5.74) is 0.445. The van der Waals surface area contributed by atoms with Gasteiger partial charge in [0.05, 0.1) is 17.6 Å². The Balaban J connectivity index is 2.09. The van der Waals surface area contributed by atoms with E-state index in [1.54, 1.807) is 24.3 Å². The molecule has 0 aliphatic carbocycles. The maximum atomic E-state index is 13.5. The molecule has 0 fully saturated rings. The van der Waals surface area contributed by atoms with Crippen molar-refractivity contribution in [2.24, 2.45) is 0 Å². The van der Waals surface area contributed by atoms with Crippen molar-refractivity contribution in [3.05, 3.63) is 69.5 Å². The number of rotatable bonds is 5. The summed E-state index contributed by atoms with van der Waals surface area (Å²) in [4.78, 5) is 21.1. The van der Waals surface area contributed by atoms with Gasteiger partial charge in [-0.1, -0.05) is 12.1 Å². The van der Waals surface area contributed by atoms with Crippen molar-refractivity contribution in [1.29, 1.82) is 0 Å². The summed E-state index contributed by atoms with van der Waals surface area (Å²) < 4.78 is 23.4. The van der Waals surface area contributed by atoms with Crippen LogP contribution in [0.3, 0.4) is 0 Å². The van der Waals surface area contributed by atoms with Crippen molar-refractivity contribution in [3.8, 4) is 5.75 Å². The van der Waals surface area contributed by atoms with Crippen molar-refractivity contribution in [2.45, 2.75) is 6.61 Å². The molecule has 0 N–H and O–H groups in total. The fourth-order valence-corrected chi connectivity index (χ4v) is 1.80. The van der Waals surface area contributed by atoms with Gasteiger partial charge in [-0.25, -0.2) is 4.79 Å². The first-order valence-corrected chi connectivity index (χ1v) is 6.25. The van der Waals surface area contributed by atoms with E-state index in [2.05, 4.69) is 4.74 Å². The number of ether oxygens (including phenoxy) is 2. The summed E-state index contributed by atoms with van der Waals surface area (Å²) in [6, 6.07) is 9.88. The van der Waals surface area contributed by atoms with Gasteiger partial charge in [0.2, 0.25) is 5.82 Å². The molecule has 0 bridgehead atoms. The Labute approximate surface area is 125 Å². The van der Waals surface area contributed by atoms with Crippen LogP contribution in [-0.4, -0.2) is 18.0 Å². The summed E-state index contributed by atoms with van der Waals surface area (Å²) in [6.45, 7) is 0.0854. The minimum absolute atomic E-state index is 0.0854. The van der Waals surface area contributed by atoms with Crippen LogP contribution in [0.15, 0.2) is 42.5 Å².